The van der Waals surface area contributed by atoms with E-state index >= 15 is 0 Å². The van der Waals surface area contributed by atoms with Crippen LogP contribution in [0, 0.1) is 0 Å². The minimum atomic E-state index is 0.672. The van der Waals surface area contributed by atoms with Gasteiger partial charge >= 0.3 is 0 Å². The van der Waals surface area contributed by atoms with E-state index in [1.165, 1.54) is 0 Å². The summed E-state index contributed by atoms with van der Waals surface area (Å²) >= 11 is 3.27. The zero-order chi connectivity index (χ0) is 8.27. The summed E-state index contributed by atoms with van der Waals surface area (Å²) in [6.45, 7) is 0. The van der Waals surface area contributed by atoms with Gasteiger partial charge in [-0.15, -0.1) is 0 Å². The summed E-state index contributed by atoms with van der Waals surface area (Å²) in [5, 5.41) is 0. The molecule has 58 valence electrons. The summed E-state index contributed by atoms with van der Waals surface area (Å²) in [5.41, 5.74) is 7.20. The van der Waals surface area contributed by atoms with E-state index in [1.807, 2.05) is 0 Å². The first kappa shape index (κ1) is 8.20. The van der Waals surface area contributed by atoms with Crippen molar-refractivity contribution < 1.29 is 0 Å². The van der Waals surface area contributed by atoms with Crippen molar-refractivity contribution in [1.29, 1.82) is 0 Å². The zero-order valence-electron chi connectivity index (χ0n) is 6.08. The number of nitrogens with zero attached hydrogens (tertiary/aromatic N) is 2. The van der Waals surface area contributed by atoms with Crippen molar-refractivity contribution in [2.45, 2.75) is 0 Å². The minimum Gasteiger partial charge on any atom is -0.397 e. The third-order valence-electron chi connectivity index (χ3n) is 1.24. The number of nitrogen functional groups attached to an aromatic ring is 1. The first-order valence-corrected chi connectivity index (χ1v) is 3.86. The molecule has 0 bridgehead atoms. The van der Waals surface area contributed by atoms with Crippen LogP contribution in [0.4, 0.5) is 5.69 Å². The average molecular weight is 214 g/mol. The number of aromatic nitrogens is 1. The molecular weight excluding hydrogens is 206 g/mol. The summed E-state index contributed by atoms with van der Waals surface area (Å²) < 4.78 is 0.801. The van der Waals surface area contributed by atoms with Crippen molar-refractivity contribution in [3.05, 3.63) is 22.4 Å². The van der Waals surface area contributed by atoms with Crippen LogP contribution in [0.25, 0.3) is 0 Å². The smallest absolute Gasteiger partial charge is 0.0594 e. The molecule has 0 aliphatic rings. The maximum Gasteiger partial charge on any atom is 0.0594 e. The van der Waals surface area contributed by atoms with E-state index in [2.05, 4.69) is 25.9 Å². The molecule has 0 amide bonds. The molecule has 0 unspecified atom stereocenters. The van der Waals surface area contributed by atoms with Crippen LogP contribution in [0.15, 0.2) is 21.9 Å². The normalized spacial score (nSPS) is 10.7. The van der Waals surface area contributed by atoms with Crippen LogP contribution in [0.1, 0.15) is 5.56 Å². The largest absolute Gasteiger partial charge is 0.397 e. The highest BCUT2D eigenvalue weighted by atomic mass is 79.9. The Balaban J connectivity index is 3.16. The molecule has 0 saturated heterocycles. The standard InChI is InChI=1S/C7H8BrN3/c1-10-2-5-3-11-4-6(8)7(5)9/h2-4H,1H3,(H2,9,11). The quantitative estimate of drug-likeness (QED) is 0.719. The van der Waals surface area contributed by atoms with Gasteiger partial charge in [0, 0.05) is 31.2 Å². The highest BCUT2D eigenvalue weighted by Gasteiger charge is 1.99. The number of halogens is 1. The number of pyridine rings is 1. The second-order valence-corrected chi connectivity index (χ2v) is 2.87. The van der Waals surface area contributed by atoms with Gasteiger partial charge in [-0.3, -0.25) is 9.98 Å². The van der Waals surface area contributed by atoms with Gasteiger partial charge in [-0.05, 0) is 15.9 Å². The molecule has 2 N–H and O–H groups in total. The topological polar surface area (TPSA) is 51.3 Å². The molecule has 0 fully saturated rings. The monoisotopic (exact) mass is 213 g/mol. The lowest BCUT2D eigenvalue weighted by atomic mass is 10.2. The molecule has 4 heteroatoms. The van der Waals surface area contributed by atoms with Gasteiger partial charge in [0.1, 0.15) is 0 Å². The van der Waals surface area contributed by atoms with E-state index in [-0.39, 0.29) is 0 Å². The van der Waals surface area contributed by atoms with Gasteiger partial charge in [0.05, 0.1) is 10.2 Å². The molecule has 1 rings (SSSR count). The SMILES string of the molecule is CN=Cc1cncc(Br)c1N. The number of rotatable bonds is 1. The summed E-state index contributed by atoms with van der Waals surface area (Å²) in [5.74, 6) is 0. The molecule has 1 heterocycles. The molecule has 0 aromatic carbocycles. The maximum absolute atomic E-state index is 5.69. The molecule has 0 aliphatic carbocycles. The van der Waals surface area contributed by atoms with Crippen LogP contribution in [0.2, 0.25) is 0 Å². The van der Waals surface area contributed by atoms with E-state index < -0.39 is 0 Å². The van der Waals surface area contributed by atoms with Crippen molar-refractivity contribution in [3.63, 3.8) is 0 Å². The number of aliphatic imine (C=N–C) groups is 1. The molecule has 3 nitrogen and oxygen atoms in total. The molecule has 0 radical (unpaired) electrons. The van der Waals surface area contributed by atoms with E-state index in [4.69, 9.17) is 5.73 Å². The van der Waals surface area contributed by atoms with Gasteiger partial charge in [-0.25, -0.2) is 0 Å². The molecule has 0 saturated carbocycles. The van der Waals surface area contributed by atoms with E-state index in [9.17, 15) is 0 Å². The van der Waals surface area contributed by atoms with Crippen molar-refractivity contribution in [3.8, 4) is 0 Å². The van der Waals surface area contributed by atoms with Crippen molar-refractivity contribution in [2.75, 3.05) is 12.8 Å². The molecule has 1 aromatic heterocycles. The predicted octanol–water partition coefficient (Wildman–Crippen LogP) is 1.47. The molecule has 0 aliphatic heterocycles. The number of hydrogen-bond donors (Lipinski definition) is 1. The number of anilines is 1. The van der Waals surface area contributed by atoms with Gasteiger partial charge in [0.15, 0.2) is 0 Å². The van der Waals surface area contributed by atoms with Gasteiger partial charge in [0.2, 0.25) is 0 Å². The Bertz CT molecular complexity index is 283. The molecular formula is C7H8BrN3. The van der Waals surface area contributed by atoms with Crippen molar-refractivity contribution in [2.24, 2.45) is 4.99 Å². The van der Waals surface area contributed by atoms with Crippen molar-refractivity contribution >= 4 is 27.8 Å². The van der Waals surface area contributed by atoms with Gasteiger partial charge < -0.3 is 5.73 Å². The minimum absolute atomic E-state index is 0.672. The second-order valence-electron chi connectivity index (χ2n) is 2.01. The number of hydrogen-bond acceptors (Lipinski definition) is 3. The average Bonchev–Trinajstić information content (AvgIpc) is 1.99. The van der Waals surface area contributed by atoms with Crippen LogP contribution in [0.5, 0.6) is 0 Å². The molecule has 0 spiro atoms. The lowest BCUT2D eigenvalue weighted by molar-refractivity contribution is 1.30. The van der Waals surface area contributed by atoms with E-state index in [1.54, 1.807) is 25.7 Å². The highest BCUT2D eigenvalue weighted by molar-refractivity contribution is 9.10. The number of nitrogens with two attached hydrogens (primary N) is 1. The van der Waals surface area contributed by atoms with Crippen LogP contribution in [-0.2, 0) is 0 Å². The Morgan fingerprint density at radius 3 is 3.00 bits per heavy atom. The van der Waals surface area contributed by atoms with Crippen LogP contribution < -0.4 is 5.73 Å². The van der Waals surface area contributed by atoms with Gasteiger partial charge in [-0.1, -0.05) is 0 Å². The fourth-order valence-corrected chi connectivity index (χ4v) is 1.05. The predicted molar refractivity (Wildman–Crippen MR) is 49.9 cm³/mol. The molecule has 1 aromatic rings. The van der Waals surface area contributed by atoms with Gasteiger partial charge in [0.25, 0.3) is 0 Å². The fraction of sp³-hybridized carbons (Fsp3) is 0.143. The Morgan fingerprint density at radius 1 is 1.64 bits per heavy atom. The Hall–Kier alpha value is -0.900. The van der Waals surface area contributed by atoms with E-state index in [0.29, 0.717) is 5.69 Å². The molecule has 0 atom stereocenters. The van der Waals surface area contributed by atoms with Crippen LogP contribution in [-0.4, -0.2) is 18.2 Å². The lowest BCUT2D eigenvalue weighted by Crippen LogP contribution is -1.95. The van der Waals surface area contributed by atoms with Crippen molar-refractivity contribution in [1.82, 2.24) is 4.98 Å². The third kappa shape index (κ3) is 1.77. The van der Waals surface area contributed by atoms with E-state index in [0.717, 1.165) is 10.0 Å². The summed E-state index contributed by atoms with van der Waals surface area (Å²) in [7, 11) is 1.69. The highest BCUT2D eigenvalue weighted by Crippen LogP contribution is 2.19. The van der Waals surface area contributed by atoms with Crippen LogP contribution >= 0.6 is 15.9 Å². The summed E-state index contributed by atoms with van der Waals surface area (Å²) in [6.07, 6.45) is 5.00. The fourth-order valence-electron chi connectivity index (χ4n) is 0.702. The maximum atomic E-state index is 5.69. The third-order valence-corrected chi connectivity index (χ3v) is 1.87. The Kier molecular flexibility index (Phi) is 2.59. The summed E-state index contributed by atoms with van der Waals surface area (Å²) in [4.78, 5) is 7.79. The van der Waals surface area contributed by atoms with Gasteiger partial charge in [-0.2, -0.15) is 0 Å². The Labute approximate surface area is 73.5 Å². The van der Waals surface area contributed by atoms with Crippen LogP contribution in [0.3, 0.4) is 0 Å². The first-order chi connectivity index (χ1) is 5.25. The molecule has 11 heavy (non-hydrogen) atoms. The summed E-state index contributed by atoms with van der Waals surface area (Å²) in [6, 6.07) is 0. The second kappa shape index (κ2) is 3.48. The lowest BCUT2D eigenvalue weighted by Gasteiger charge is -1.99. The Morgan fingerprint density at radius 2 is 2.36 bits per heavy atom. The first-order valence-electron chi connectivity index (χ1n) is 3.07. The zero-order valence-corrected chi connectivity index (χ0v) is 7.67.